The monoisotopic (exact) mass is 346 g/mol. The molecule has 140 valence electrons. The van der Waals surface area contributed by atoms with Crippen molar-refractivity contribution in [3.05, 3.63) is 18.0 Å². The maximum atomic E-state index is 4.51. The molecule has 2 fully saturated rings. The number of nitrogens with one attached hydrogen (secondary N) is 1. The van der Waals surface area contributed by atoms with Gasteiger partial charge in [-0.2, -0.15) is 5.10 Å². The molecule has 0 aromatic carbocycles. The first kappa shape index (κ1) is 18.2. The van der Waals surface area contributed by atoms with Gasteiger partial charge in [0.2, 0.25) is 0 Å². The van der Waals surface area contributed by atoms with Gasteiger partial charge < -0.3 is 15.1 Å². The van der Waals surface area contributed by atoms with E-state index >= 15 is 0 Å². The van der Waals surface area contributed by atoms with Crippen LogP contribution in [0.1, 0.15) is 44.1 Å². The molecule has 2 saturated heterocycles. The van der Waals surface area contributed by atoms with Gasteiger partial charge in [-0.05, 0) is 56.8 Å². The van der Waals surface area contributed by atoms with Crippen LogP contribution in [0.3, 0.4) is 0 Å². The molecular weight excluding hydrogens is 312 g/mol. The van der Waals surface area contributed by atoms with Gasteiger partial charge in [-0.3, -0.25) is 9.67 Å². The summed E-state index contributed by atoms with van der Waals surface area (Å²) >= 11 is 0. The first-order chi connectivity index (χ1) is 12.2. The van der Waals surface area contributed by atoms with Crippen molar-refractivity contribution in [2.45, 2.75) is 38.5 Å². The van der Waals surface area contributed by atoms with Crippen LogP contribution in [0.4, 0.5) is 0 Å². The van der Waals surface area contributed by atoms with Gasteiger partial charge in [0.25, 0.3) is 0 Å². The molecule has 2 aliphatic rings. The van der Waals surface area contributed by atoms with Crippen molar-refractivity contribution in [2.24, 2.45) is 18.0 Å². The Balaban J connectivity index is 1.41. The molecule has 6 heteroatoms. The van der Waals surface area contributed by atoms with Crippen molar-refractivity contribution < 1.29 is 0 Å². The van der Waals surface area contributed by atoms with E-state index in [-0.39, 0.29) is 0 Å². The van der Waals surface area contributed by atoms with Gasteiger partial charge in [-0.25, -0.2) is 0 Å². The molecule has 6 nitrogen and oxygen atoms in total. The fourth-order valence-electron chi connectivity index (χ4n) is 4.19. The largest absolute Gasteiger partial charge is 0.356 e. The van der Waals surface area contributed by atoms with Crippen LogP contribution in [0.25, 0.3) is 0 Å². The van der Waals surface area contributed by atoms with Gasteiger partial charge in [0.1, 0.15) is 0 Å². The molecule has 0 bridgehead atoms. The lowest BCUT2D eigenvalue weighted by atomic mass is 9.93. The quantitative estimate of drug-likeness (QED) is 0.654. The Bertz CT molecular complexity index is 558. The molecule has 3 rings (SSSR count). The number of hydrogen-bond acceptors (Lipinski definition) is 3. The zero-order valence-corrected chi connectivity index (χ0v) is 16.1. The Hall–Kier alpha value is -1.56. The summed E-state index contributed by atoms with van der Waals surface area (Å²) in [5.74, 6) is 2.51. The van der Waals surface area contributed by atoms with Gasteiger partial charge >= 0.3 is 0 Å². The van der Waals surface area contributed by atoms with Crippen molar-refractivity contribution in [3.63, 3.8) is 0 Å². The summed E-state index contributed by atoms with van der Waals surface area (Å²) in [4.78, 5) is 9.48. The third-order valence-electron chi connectivity index (χ3n) is 5.89. The predicted octanol–water partition coefficient (Wildman–Crippen LogP) is 1.91. The number of aromatic nitrogens is 2. The van der Waals surface area contributed by atoms with Crippen LogP contribution in [-0.2, 0) is 7.05 Å². The van der Waals surface area contributed by atoms with Crippen LogP contribution in [0.2, 0.25) is 0 Å². The first-order valence-electron chi connectivity index (χ1n) is 9.86. The minimum atomic E-state index is 0.575. The van der Waals surface area contributed by atoms with Gasteiger partial charge in [0.15, 0.2) is 5.96 Å². The Morgan fingerprint density at radius 2 is 2.08 bits per heavy atom. The van der Waals surface area contributed by atoms with Gasteiger partial charge in [0, 0.05) is 45.8 Å². The molecule has 0 spiro atoms. The van der Waals surface area contributed by atoms with Crippen molar-refractivity contribution in [3.8, 4) is 0 Å². The van der Waals surface area contributed by atoms with E-state index in [2.05, 4.69) is 38.3 Å². The number of nitrogens with zero attached hydrogens (tertiary/aromatic N) is 5. The van der Waals surface area contributed by atoms with Crippen molar-refractivity contribution in [2.75, 3.05) is 46.3 Å². The first-order valence-corrected chi connectivity index (χ1v) is 9.86. The third-order valence-corrected chi connectivity index (χ3v) is 5.89. The molecule has 1 atom stereocenters. The topological polar surface area (TPSA) is 48.7 Å². The maximum Gasteiger partial charge on any atom is 0.193 e. The molecule has 25 heavy (non-hydrogen) atoms. The lowest BCUT2D eigenvalue weighted by Crippen LogP contribution is -2.41. The van der Waals surface area contributed by atoms with E-state index in [1.807, 2.05) is 25.0 Å². The van der Waals surface area contributed by atoms with Crippen LogP contribution in [0.5, 0.6) is 0 Å². The number of hydrogen-bond donors (Lipinski definition) is 1. The van der Waals surface area contributed by atoms with Gasteiger partial charge in [-0.1, -0.05) is 6.92 Å². The summed E-state index contributed by atoms with van der Waals surface area (Å²) < 4.78 is 1.90. The SMILES string of the molecule is CCN1CCC(CCNC(=NC)N2CCC(c3cnn(C)c3)C2)CC1. The average molecular weight is 347 g/mol. The third kappa shape index (κ3) is 4.75. The summed E-state index contributed by atoms with van der Waals surface area (Å²) in [5.41, 5.74) is 1.35. The van der Waals surface area contributed by atoms with Crippen molar-refractivity contribution in [1.82, 2.24) is 24.9 Å². The molecule has 1 unspecified atom stereocenters. The highest BCUT2D eigenvalue weighted by Crippen LogP contribution is 2.26. The molecule has 1 aromatic heterocycles. The second-order valence-electron chi connectivity index (χ2n) is 7.52. The van der Waals surface area contributed by atoms with E-state index in [1.165, 1.54) is 50.9 Å². The minimum Gasteiger partial charge on any atom is -0.356 e. The van der Waals surface area contributed by atoms with E-state index in [1.54, 1.807) is 0 Å². The maximum absolute atomic E-state index is 4.51. The molecule has 1 N–H and O–H groups in total. The molecule has 0 amide bonds. The Labute approximate surface area is 152 Å². The fourth-order valence-corrected chi connectivity index (χ4v) is 4.19. The summed E-state index contributed by atoms with van der Waals surface area (Å²) in [7, 11) is 3.89. The highest BCUT2D eigenvalue weighted by molar-refractivity contribution is 5.80. The van der Waals surface area contributed by atoms with Crippen LogP contribution < -0.4 is 5.32 Å². The smallest absolute Gasteiger partial charge is 0.193 e. The molecule has 2 aliphatic heterocycles. The highest BCUT2D eigenvalue weighted by Gasteiger charge is 2.27. The zero-order valence-electron chi connectivity index (χ0n) is 16.1. The molecule has 3 heterocycles. The molecule has 0 radical (unpaired) electrons. The molecule has 1 aromatic rings. The van der Waals surface area contributed by atoms with E-state index in [4.69, 9.17) is 0 Å². The minimum absolute atomic E-state index is 0.575. The van der Waals surface area contributed by atoms with Crippen LogP contribution in [0.15, 0.2) is 17.4 Å². The Kier molecular flexibility index (Phi) is 6.34. The highest BCUT2D eigenvalue weighted by atomic mass is 15.3. The van der Waals surface area contributed by atoms with Crippen LogP contribution in [0, 0.1) is 5.92 Å². The summed E-state index contributed by atoms with van der Waals surface area (Å²) in [6, 6.07) is 0. The summed E-state index contributed by atoms with van der Waals surface area (Å²) in [6.07, 6.45) is 9.29. The number of aryl methyl sites for hydroxylation is 1. The second kappa shape index (κ2) is 8.70. The van der Waals surface area contributed by atoms with Gasteiger partial charge in [-0.15, -0.1) is 0 Å². The van der Waals surface area contributed by atoms with E-state index < -0.39 is 0 Å². The normalized spacial score (nSPS) is 23.4. The van der Waals surface area contributed by atoms with Gasteiger partial charge in [0.05, 0.1) is 6.20 Å². The van der Waals surface area contributed by atoms with Crippen LogP contribution in [-0.4, -0.2) is 71.9 Å². The molecule has 0 aliphatic carbocycles. The summed E-state index contributed by atoms with van der Waals surface area (Å²) in [5, 5.41) is 7.92. The summed E-state index contributed by atoms with van der Waals surface area (Å²) in [6.45, 7) is 9.17. The number of guanidine groups is 1. The Morgan fingerprint density at radius 1 is 1.28 bits per heavy atom. The lowest BCUT2D eigenvalue weighted by molar-refractivity contribution is 0.187. The van der Waals surface area contributed by atoms with E-state index in [9.17, 15) is 0 Å². The molecular formula is C19H34N6. The van der Waals surface area contributed by atoms with Crippen molar-refractivity contribution >= 4 is 5.96 Å². The fraction of sp³-hybridized carbons (Fsp3) is 0.789. The van der Waals surface area contributed by atoms with E-state index in [0.717, 1.165) is 31.5 Å². The predicted molar refractivity (Wildman–Crippen MR) is 103 cm³/mol. The van der Waals surface area contributed by atoms with E-state index in [0.29, 0.717) is 5.92 Å². The second-order valence-corrected chi connectivity index (χ2v) is 7.52. The number of piperidine rings is 1. The Morgan fingerprint density at radius 3 is 2.72 bits per heavy atom. The zero-order chi connectivity index (χ0) is 17.6. The molecule has 0 saturated carbocycles. The standard InChI is InChI=1S/C19H34N6/c1-4-24-10-6-16(7-11-24)5-9-21-19(20-2)25-12-8-17(15-25)18-13-22-23(3)14-18/h13-14,16-17H,4-12,15H2,1-3H3,(H,20,21). The lowest BCUT2D eigenvalue weighted by Gasteiger charge is -2.31. The van der Waals surface area contributed by atoms with Crippen molar-refractivity contribution in [1.29, 1.82) is 0 Å². The average Bonchev–Trinajstić information content (AvgIpc) is 3.28. The number of rotatable bonds is 5. The number of likely N-dealkylation sites (tertiary alicyclic amines) is 2. The van der Waals surface area contributed by atoms with Crippen LogP contribution >= 0.6 is 0 Å². The number of aliphatic imine (C=N–C) groups is 1.